The highest BCUT2D eigenvalue weighted by Crippen LogP contribution is 2.37. The Kier molecular flexibility index (Phi) is 5.01. The highest BCUT2D eigenvalue weighted by molar-refractivity contribution is 7.10. The van der Waals surface area contributed by atoms with Gasteiger partial charge in [0.15, 0.2) is 0 Å². The van der Waals surface area contributed by atoms with Crippen molar-refractivity contribution in [1.29, 1.82) is 0 Å². The van der Waals surface area contributed by atoms with Gasteiger partial charge in [-0.25, -0.2) is 4.79 Å². The third-order valence-corrected chi connectivity index (χ3v) is 4.71. The van der Waals surface area contributed by atoms with Crippen molar-refractivity contribution >= 4 is 23.4 Å². The molecule has 0 aliphatic carbocycles. The number of carbonyl (C=O) groups excluding carboxylic acids is 2. The van der Waals surface area contributed by atoms with Crippen molar-refractivity contribution in [3.05, 3.63) is 22.4 Å². The van der Waals surface area contributed by atoms with Crippen LogP contribution in [0.4, 0.5) is 4.79 Å². The lowest BCUT2D eigenvalue weighted by Gasteiger charge is -2.42. The number of aliphatic hydroxyl groups is 1. The summed E-state index contributed by atoms with van der Waals surface area (Å²) in [7, 11) is 1.30. The average Bonchev–Trinajstić information content (AvgIpc) is 2.99. The second-order valence-corrected chi connectivity index (χ2v) is 7.74. The highest BCUT2D eigenvalue weighted by atomic mass is 32.1. The Morgan fingerprint density at radius 3 is 2.65 bits per heavy atom. The Bertz CT molecular complexity index is 566. The van der Waals surface area contributed by atoms with Gasteiger partial charge in [-0.15, -0.1) is 11.3 Å². The van der Waals surface area contributed by atoms with Crippen LogP contribution in [0.1, 0.15) is 32.1 Å². The number of carbonyl (C=O) groups is 2. The molecule has 0 spiro atoms. The van der Waals surface area contributed by atoms with Gasteiger partial charge in [0.25, 0.3) is 0 Å². The highest BCUT2D eigenvalue weighted by Gasteiger charge is 2.45. The summed E-state index contributed by atoms with van der Waals surface area (Å²) in [6.45, 7) is 5.60. The summed E-state index contributed by atoms with van der Waals surface area (Å²) >= 11 is 1.40. The molecule has 1 aliphatic heterocycles. The summed E-state index contributed by atoms with van der Waals surface area (Å²) in [5, 5.41) is 12.9. The smallest absolute Gasteiger partial charge is 0.410 e. The van der Waals surface area contributed by atoms with Gasteiger partial charge < -0.3 is 19.5 Å². The normalized spacial score (nSPS) is 25.1. The van der Waals surface area contributed by atoms with Crippen molar-refractivity contribution < 1.29 is 24.2 Å². The minimum atomic E-state index is -1.28. The van der Waals surface area contributed by atoms with E-state index in [1.54, 1.807) is 26.8 Å². The molecule has 1 N–H and O–H groups in total. The van der Waals surface area contributed by atoms with E-state index in [2.05, 4.69) is 0 Å². The van der Waals surface area contributed by atoms with Crippen molar-refractivity contribution in [2.75, 3.05) is 20.2 Å². The van der Waals surface area contributed by atoms with Gasteiger partial charge in [-0.2, -0.15) is 0 Å². The molecular formula is C16H23NO5S. The van der Waals surface area contributed by atoms with Crippen LogP contribution in [0.5, 0.6) is 0 Å². The third kappa shape index (κ3) is 4.23. The Morgan fingerprint density at radius 2 is 2.13 bits per heavy atom. The molecule has 128 valence electrons. The van der Waals surface area contributed by atoms with Gasteiger partial charge in [0.1, 0.15) is 11.2 Å². The van der Waals surface area contributed by atoms with Crippen LogP contribution in [0, 0.1) is 5.92 Å². The van der Waals surface area contributed by atoms with Crippen molar-refractivity contribution in [2.24, 2.45) is 5.92 Å². The first kappa shape index (κ1) is 17.7. The summed E-state index contributed by atoms with van der Waals surface area (Å²) in [5.74, 6) is -1.03. The van der Waals surface area contributed by atoms with E-state index in [-0.39, 0.29) is 19.5 Å². The van der Waals surface area contributed by atoms with E-state index in [1.807, 2.05) is 11.4 Å². The maximum Gasteiger partial charge on any atom is 0.410 e. The number of esters is 1. The predicted molar refractivity (Wildman–Crippen MR) is 86.1 cm³/mol. The molecule has 6 nitrogen and oxygen atoms in total. The lowest BCUT2D eigenvalue weighted by atomic mass is 9.84. The van der Waals surface area contributed by atoms with Crippen LogP contribution in [0.3, 0.4) is 0 Å². The molecule has 2 unspecified atom stereocenters. The van der Waals surface area contributed by atoms with Gasteiger partial charge in [0.2, 0.25) is 0 Å². The quantitative estimate of drug-likeness (QED) is 0.836. The van der Waals surface area contributed by atoms with E-state index < -0.39 is 29.2 Å². The summed E-state index contributed by atoms with van der Waals surface area (Å²) in [4.78, 5) is 26.4. The number of ether oxygens (including phenoxy) is 2. The number of rotatable bonds is 2. The summed E-state index contributed by atoms with van der Waals surface area (Å²) in [6, 6.07) is 3.63. The molecule has 1 saturated heterocycles. The molecule has 0 saturated carbocycles. The van der Waals surface area contributed by atoms with E-state index in [9.17, 15) is 14.7 Å². The first-order valence-electron chi connectivity index (χ1n) is 7.47. The molecule has 0 bridgehead atoms. The van der Waals surface area contributed by atoms with Crippen LogP contribution in [-0.2, 0) is 19.9 Å². The molecule has 1 amide bonds. The van der Waals surface area contributed by atoms with Crippen molar-refractivity contribution in [3.8, 4) is 0 Å². The molecule has 1 aromatic rings. The van der Waals surface area contributed by atoms with Gasteiger partial charge >= 0.3 is 12.1 Å². The number of thiophene rings is 1. The zero-order valence-electron chi connectivity index (χ0n) is 13.9. The summed E-state index contributed by atoms with van der Waals surface area (Å²) in [5.41, 5.74) is -1.92. The molecule has 1 aromatic heterocycles. The zero-order valence-corrected chi connectivity index (χ0v) is 14.7. The number of hydrogen-bond donors (Lipinski definition) is 1. The molecule has 2 atom stereocenters. The molecule has 0 radical (unpaired) electrons. The van der Waals surface area contributed by atoms with Gasteiger partial charge in [0, 0.05) is 11.4 Å². The Labute approximate surface area is 140 Å². The van der Waals surface area contributed by atoms with E-state index in [0.29, 0.717) is 0 Å². The van der Waals surface area contributed by atoms with Crippen molar-refractivity contribution in [3.63, 3.8) is 0 Å². The van der Waals surface area contributed by atoms with Gasteiger partial charge in [-0.05, 0) is 38.6 Å². The fourth-order valence-corrected chi connectivity index (χ4v) is 3.52. The Morgan fingerprint density at radius 1 is 1.43 bits per heavy atom. The second-order valence-electron chi connectivity index (χ2n) is 6.79. The van der Waals surface area contributed by atoms with Gasteiger partial charge in [-0.3, -0.25) is 4.79 Å². The van der Waals surface area contributed by atoms with Crippen LogP contribution in [0.25, 0.3) is 0 Å². The topological polar surface area (TPSA) is 76.1 Å². The average molecular weight is 341 g/mol. The van der Waals surface area contributed by atoms with Crippen molar-refractivity contribution in [1.82, 2.24) is 4.90 Å². The number of amides is 1. The summed E-state index contributed by atoms with van der Waals surface area (Å²) < 4.78 is 10.2. The molecule has 0 aromatic carbocycles. The first-order chi connectivity index (χ1) is 10.6. The van der Waals surface area contributed by atoms with Crippen LogP contribution >= 0.6 is 11.3 Å². The fourth-order valence-electron chi connectivity index (χ4n) is 2.70. The van der Waals surface area contributed by atoms with E-state index in [1.165, 1.54) is 23.3 Å². The van der Waals surface area contributed by atoms with Crippen molar-refractivity contribution in [2.45, 2.75) is 38.4 Å². The van der Waals surface area contributed by atoms with Crippen LogP contribution < -0.4 is 0 Å². The van der Waals surface area contributed by atoms with E-state index >= 15 is 0 Å². The standard InChI is InChI=1S/C16H23NO5S/c1-15(2,3)22-14(19)17-9-11(13(18)21-4)8-16(20,10-17)12-6-5-7-23-12/h5-7,11,20H,8-10H2,1-4H3. The van der Waals surface area contributed by atoms with Crippen LogP contribution in [0.15, 0.2) is 17.5 Å². The number of nitrogens with zero attached hydrogens (tertiary/aromatic N) is 1. The second kappa shape index (κ2) is 6.49. The molecule has 1 aliphatic rings. The summed E-state index contributed by atoms with van der Waals surface area (Å²) in [6.07, 6.45) is -0.319. The molecule has 1 fully saturated rings. The number of hydrogen-bond acceptors (Lipinski definition) is 6. The van der Waals surface area contributed by atoms with Crippen LogP contribution in [0.2, 0.25) is 0 Å². The Hall–Kier alpha value is -1.60. The number of methoxy groups -OCH3 is 1. The lowest BCUT2D eigenvalue weighted by molar-refractivity contribution is -0.153. The third-order valence-electron chi connectivity index (χ3n) is 3.64. The Balaban J connectivity index is 2.25. The molecule has 2 rings (SSSR count). The maximum atomic E-state index is 12.4. The number of β-amino-alcohol motifs (C(OH)–C–C–N with tert-alkyl or cyclic N) is 1. The van der Waals surface area contributed by atoms with E-state index in [4.69, 9.17) is 9.47 Å². The predicted octanol–water partition coefficient (Wildman–Crippen LogP) is 2.37. The molecule has 23 heavy (non-hydrogen) atoms. The van der Waals surface area contributed by atoms with Gasteiger partial charge in [-0.1, -0.05) is 6.07 Å². The first-order valence-corrected chi connectivity index (χ1v) is 8.35. The zero-order chi connectivity index (χ0) is 17.3. The lowest BCUT2D eigenvalue weighted by Crippen LogP contribution is -2.54. The van der Waals surface area contributed by atoms with E-state index in [0.717, 1.165) is 4.88 Å². The SMILES string of the molecule is COC(=O)C1CN(C(=O)OC(C)(C)C)CC(O)(c2cccs2)C1. The largest absolute Gasteiger partial charge is 0.469 e. The fraction of sp³-hybridized carbons (Fsp3) is 0.625. The number of likely N-dealkylation sites (tertiary alicyclic amines) is 1. The van der Waals surface area contributed by atoms with Gasteiger partial charge in [0.05, 0.1) is 19.6 Å². The molecule has 7 heteroatoms. The molecule has 2 heterocycles. The monoisotopic (exact) mass is 341 g/mol. The minimum Gasteiger partial charge on any atom is -0.469 e. The maximum absolute atomic E-state index is 12.4. The molecular weight excluding hydrogens is 318 g/mol. The van der Waals surface area contributed by atoms with Crippen LogP contribution in [-0.4, -0.2) is 47.9 Å². The minimum absolute atomic E-state index is 0.0932. The number of piperidine rings is 1.